The number of halogens is 1. The van der Waals surface area contributed by atoms with Crippen LogP contribution < -0.4 is 5.73 Å². The molecule has 0 fully saturated rings. The maximum Gasteiger partial charge on any atom is 0.135 e. The largest absolute Gasteiger partial charge is 0.383 e. The summed E-state index contributed by atoms with van der Waals surface area (Å²) < 4.78 is 2.73. The zero-order valence-corrected chi connectivity index (χ0v) is 9.62. The Bertz CT molecular complexity index is 395. The summed E-state index contributed by atoms with van der Waals surface area (Å²) in [6, 6.07) is 0. The molecule has 6 heteroatoms. The third-order valence-corrected chi connectivity index (χ3v) is 3.20. The molecule has 2 N–H and O–H groups in total. The van der Waals surface area contributed by atoms with Gasteiger partial charge in [0.05, 0.1) is 16.3 Å². The fraction of sp³-hybridized carbons (Fsp3) is 0.143. The van der Waals surface area contributed by atoms with E-state index in [1.165, 1.54) is 0 Å². The van der Waals surface area contributed by atoms with Gasteiger partial charge < -0.3 is 5.73 Å². The minimum atomic E-state index is 0.659. The zero-order valence-electron chi connectivity index (χ0n) is 6.64. The van der Waals surface area contributed by atoms with Crippen LogP contribution in [0, 0.1) is 3.57 Å². The molecule has 0 spiro atoms. The van der Waals surface area contributed by atoms with Crippen molar-refractivity contribution < 1.29 is 0 Å². The fourth-order valence-corrected chi connectivity index (χ4v) is 1.96. The van der Waals surface area contributed by atoms with Gasteiger partial charge in [0.25, 0.3) is 0 Å². The van der Waals surface area contributed by atoms with E-state index in [0.29, 0.717) is 12.4 Å². The molecule has 4 nitrogen and oxygen atoms in total. The Morgan fingerprint density at radius 1 is 1.62 bits per heavy atom. The van der Waals surface area contributed by atoms with Gasteiger partial charge in [-0.3, -0.25) is 0 Å². The van der Waals surface area contributed by atoms with Gasteiger partial charge in [-0.15, -0.1) is 11.3 Å². The second-order valence-corrected chi connectivity index (χ2v) is 4.60. The normalized spacial score (nSPS) is 10.5. The number of thiazole rings is 1. The van der Waals surface area contributed by atoms with Crippen LogP contribution in [0.25, 0.3) is 0 Å². The van der Waals surface area contributed by atoms with Crippen molar-refractivity contribution in [1.82, 2.24) is 14.8 Å². The number of hydrogen-bond acceptors (Lipinski definition) is 4. The molecule has 2 rings (SSSR count). The van der Waals surface area contributed by atoms with Gasteiger partial charge >= 0.3 is 0 Å². The van der Waals surface area contributed by atoms with E-state index in [1.807, 2.05) is 5.38 Å². The smallest absolute Gasteiger partial charge is 0.135 e. The first-order chi connectivity index (χ1) is 6.27. The molecule has 2 aromatic rings. The highest BCUT2D eigenvalue weighted by Gasteiger charge is 2.05. The lowest BCUT2D eigenvalue weighted by Crippen LogP contribution is -2.05. The lowest BCUT2D eigenvalue weighted by molar-refractivity contribution is 0.693. The Hall–Kier alpha value is -0.630. The standard InChI is InChI=1S/C7H7IN4S/c8-5-3-11-12(7(5)9)4-6-10-1-2-13-6/h1-3H,4,9H2. The van der Waals surface area contributed by atoms with Gasteiger partial charge in [0.15, 0.2) is 0 Å². The zero-order chi connectivity index (χ0) is 9.26. The topological polar surface area (TPSA) is 56.7 Å². The maximum absolute atomic E-state index is 5.79. The van der Waals surface area contributed by atoms with E-state index in [1.54, 1.807) is 28.4 Å². The molecule has 0 unspecified atom stereocenters. The Balaban J connectivity index is 2.24. The molecule has 13 heavy (non-hydrogen) atoms. The molecule has 0 atom stereocenters. The number of nitrogen functional groups attached to an aromatic ring is 1. The predicted molar refractivity (Wildman–Crippen MR) is 60.6 cm³/mol. The molecule has 2 heterocycles. The molecule has 0 aliphatic rings. The number of nitrogens with zero attached hydrogens (tertiary/aromatic N) is 3. The Kier molecular flexibility index (Phi) is 2.49. The van der Waals surface area contributed by atoms with Crippen LogP contribution in [0.15, 0.2) is 17.8 Å². The van der Waals surface area contributed by atoms with Gasteiger partial charge in [-0.2, -0.15) is 5.10 Å². The quantitative estimate of drug-likeness (QED) is 0.857. The summed E-state index contributed by atoms with van der Waals surface area (Å²) in [7, 11) is 0. The molecule has 0 radical (unpaired) electrons. The molecule has 0 aliphatic heterocycles. The fourth-order valence-electron chi connectivity index (χ4n) is 0.957. The van der Waals surface area contributed by atoms with Crippen LogP contribution in [0.3, 0.4) is 0 Å². The summed E-state index contributed by atoms with van der Waals surface area (Å²) in [6.07, 6.45) is 3.54. The summed E-state index contributed by atoms with van der Waals surface area (Å²) in [5.74, 6) is 0.704. The summed E-state index contributed by atoms with van der Waals surface area (Å²) in [5.41, 5.74) is 5.79. The molecule has 68 valence electrons. The van der Waals surface area contributed by atoms with Crippen LogP contribution in [0.5, 0.6) is 0 Å². The first-order valence-corrected chi connectivity index (χ1v) is 5.58. The first kappa shape index (κ1) is 8.95. The molecule has 0 bridgehead atoms. The van der Waals surface area contributed by atoms with Crippen molar-refractivity contribution >= 4 is 39.7 Å². The number of rotatable bonds is 2. The summed E-state index contributed by atoms with van der Waals surface area (Å²) >= 11 is 3.77. The van der Waals surface area contributed by atoms with Gasteiger partial charge in [-0.1, -0.05) is 0 Å². The van der Waals surface area contributed by atoms with Crippen LogP contribution in [0.4, 0.5) is 5.82 Å². The lowest BCUT2D eigenvalue weighted by atomic mass is 10.6. The Morgan fingerprint density at radius 2 is 2.46 bits per heavy atom. The first-order valence-electron chi connectivity index (χ1n) is 3.62. The van der Waals surface area contributed by atoms with Gasteiger partial charge in [-0.25, -0.2) is 9.67 Å². The van der Waals surface area contributed by atoms with Crippen molar-refractivity contribution in [1.29, 1.82) is 0 Å². The van der Waals surface area contributed by atoms with Crippen LogP contribution in [0.1, 0.15) is 5.01 Å². The van der Waals surface area contributed by atoms with E-state index in [2.05, 4.69) is 32.7 Å². The van der Waals surface area contributed by atoms with Crippen molar-refractivity contribution in [3.63, 3.8) is 0 Å². The van der Waals surface area contributed by atoms with Gasteiger partial charge in [0, 0.05) is 11.6 Å². The minimum Gasteiger partial charge on any atom is -0.383 e. The molecular weight excluding hydrogens is 299 g/mol. The molecule has 0 aliphatic carbocycles. The van der Waals surface area contributed by atoms with E-state index in [9.17, 15) is 0 Å². The van der Waals surface area contributed by atoms with Crippen molar-refractivity contribution in [2.75, 3.05) is 5.73 Å². The van der Waals surface area contributed by atoms with Crippen LogP contribution >= 0.6 is 33.9 Å². The Morgan fingerprint density at radius 3 is 3.00 bits per heavy atom. The van der Waals surface area contributed by atoms with Crippen LogP contribution in [0.2, 0.25) is 0 Å². The minimum absolute atomic E-state index is 0.659. The van der Waals surface area contributed by atoms with Crippen LogP contribution in [-0.2, 0) is 6.54 Å². The van der Waals surface area contributed by atoms with E-state index in [-0.39, 0.29) is 0 Å². The summed E-state index contributed by atoms with van der Waals surface area (Å²) in [6.45, 7) is 0.659. The predicted octanol–water partition coefficient (Wildman–Crippen LogP) is 1.57. The van der Waals surface area contributed by atoms with E-state index >= 15 is 0 Å². The molecule has 0 amide bonds. The molecular formula is C7H7IN4S. The number of anilines is 1. The average molecular weight is 306 g/mol. The number of aromatic nitrogens is 3. The second-order valence-electron chi connectivity index (χ2n) is 2.46. The number of nitrogens with two attached hydrogens (primary N) is 1. The molecule has 0 saturated carbocycles. The maximum atomic E-state index is 5.79. The molecule has 0 aromatic carbocycles. The molecule has 0 saturated heterocycles. The van der Waals surface area contributed by atoms with E-state index < -0.39 is 0 Å². The van der Waals surface area contributed by atoms with Crippen molar-refractivity contribution in [3.8, 4) is 0 Å². The lowest BCUT2D eigenvalue weighted by Gasteiger charge is -1.99. The van der Waals surface area contributed by atoms with Crippen LogP contribution in [-0.4, -0.2) is 14.8 Å². The highest BCUT2D eigenvalue weighted by molar-refractivity contribution is 14.1. The van der Waals surface area contributed by atoms with E-state index in [4.69, 9.17) is 5.73 Å². The second kappa shape index (κ2) is 3.62. The van der Waals surface area contributed by atoms with Crippen molar-refractivity contribution in [3.05, 3.63) is 26.4 Å². The highest BCUT2D eigenvalue weighted by Crippen LogP contribution is 2.15. The molecule has 2 aromatic heterocycles. The van der Waals surface area contributed by atoms with Gasteiger partial charge in [0.1, 0.15) is 10.8 Å². The van der Waals surface area contributed by atoms with Crippen molar-refractivity contribution in [2.24, 2.45) is 0 Å². The highest BCUT2D eigenvalue weighted by atomic mass is 127. The van der Waals surface area contributed by atoms with E-state index in [0.717, 1.165) is 8.58 Å². The SMILES string of the molecule is Nc1c(I)cnn1Cc1nccs1. The monoisotopic (exact) mass is 306 g/mol. The third kappa shape index (κ3) is 1.83. The number of hydrogen-bond donors (Lipinski definition) is 1. The summed E-state index contributed by atoms with van der Waals surface area (Å²) in [5, 5.41) is 7.11. The van der Waals surface area contributed by atoms with Gasteiger partial charge in [0.2, 0.25) is 0 Å². The van der Waals surface area contributed by atoms with Gasteiger partial charge in [-0.05, 0) is 22.6 Å². The third-order valence-electron chi connectivity index (χ3n) is 1.60. The summed E-state index contributed by atoms with van der Waals surface area (Å²) in [4.78, 5) is 4.16. The Labute approximate surface area is 92.9 Å². The van der Waals surface area contributed by atoms with Crippen molar-refractivity contribution in [2.45, 2.75) is 6.54 Å². The average Bonchev–Trinajstić information content (AvgIpc) is 2.71.